The van der Waals surface area contributed by atoms with Crippen LogP contribution in [-0.2, 0) is 4.74 Å². The molecule has 2 rings (SSSR count). The second-order valence-electron chi connectivity index (χ2n) is 6.30. The van der Waals surface area contributed by atoms with Crippen LogP contribution in [0.1, 0.15) is 39.5 Å². The van der Waals surface area contributed by atoms with E-state index in [0.717, 1.165) is 18.8 Å². The maximum absolute atomic E-state index is 9.69. The van der Waals surface area contributed by atoms with Crippen molar-refractivity contribution in [1.82, 2.24) is 0 Å². The number of hydrogen-bond acceptors (Lipinski definition) is 3. The number of hydrogen-bond donors (Lipinski definition) is 1. The molecular formula is C18H29NO2. The average molecular weight is 291 g/mol. The summed E-state index contributed by atoms with van der Waals surface area (Å²) in [5.41, 5.74) is 1.15. The van der Waals surface area contributed by atoms with Crippen LogP contribution in [0.4, 0.5) is 5.69 Å². The molecule has 1 aliphatic rings. The summed E-state index contributed by atoms with van der Waals surface area (Å²) in [5, 5.41) is 9.69. The number of benzene rings is 1. The number of ether oxygens (including phenoxy) is 1. The van der Waals surface area contributed by atoms with E-state index >= 15 is 0 Å². The summed E-state index contributed by atoms with van der Waals surface area (Å²) in [6.07, 6.45) is 5.22. The topological polar surface area (TPSA) is 32.7 Å². The van der Waals surface area contributed by atoms with Crippen LogP contribution in [0.3, 0.4) is 0 Å². The third-order valence-corrected chi connectivity index (χ3v) is 4.33. The van der Waals surface area contributed by atoms with Gasteiger partial charge in [0, 0.05) is 18.8 Å². The molecule has 0 spiro atoms. The lowest BCUT2D eigenvalue weighted by Gasteiger charge is -2.31. The summed E-state index contributed by atoms with van der Waals surface area (Å²) in [5.74, 6) is 0.681. The molecule has 3 atom stereocenters. The fraction of sp³-hybridized carbons (Fsp3) is 0.667. The van der Waals surface area contributed by atoms with E-state index < -0.39 is 0 Å². The maximum Gasteiger partial charge on any atom is 0.0687 e. The highest BCUT2D eigenvalue weighted by molar-refractivity contribution is 5.46. The van der Waals surface area contributed by atoms with Gasteiger partial charge >= 0.3 is 0 Å². The second-order valence-corrected chi connectivity index (χ2v) is 6.30. The molecule has 3 nitrogen and oxygen atoms in total. The van der Waals surface area contributed by atoms with Crippen molar-refractivity contribution in [3.63, 3.8) is 0 Å². The first-order valence-corrected chi connectivity index (χ1v) is 8.26. The van der Waals surface area contributed by atoms with Crippen molar-refractivity contribution in [2.45, 2.75) is 51.7 Å². The lowest BCUT2D eigenvalue weighted by Crippen LogP contribution is -2.35. The molecule has 0 aliphatic heterocycles. The zero-order valence-electron chi connectivity index (χ0n) is 13.4. The van der Waals surface area contributed by atoms with E-state index in [4.69, 9.17) is 4.74 Å². The molecule has 1 fully saturated rings. The van der Waals surface area contributed by atoms with Gasteiger partial charge in [0.25, 0.3) is 0 Å². The number of nitrogens with zero attached hydrogens (tertiary/aromatic N) is 1. The minimum Gasteiger partial charge on any atom is -0.392 e. The number of aliphatic hydroxyl groups excluding tert-OH is 1. The molecule has 3 unspecified atom stereocenters. The summed E-state index contributed by atoms with van der Waals surface area (Å²) in [4.78, 5) is 2.21. The molecule has 1 aromatic rings. The van der Waals surface area contributed by atoms with Gasteiger partial charge in [0.05, 0.1) is 18.8 Å². The molecule has 118 valence electrons. The Morgan fingerprint density at radius 2 is 1.95 bits per heavy atom. The largest absolute Gasteiger partial charge is 0.392 e. The summed E-state index contributed by atoms with van der Waals surface area (Å²) >= 11 is 0. The van der Waals surface area contributed by atoms with Crippen LogP contribution < -0.4 is 4.90 Å². The molecule has 0 bridgehead atoms. The normalized spacial score (nSPS) is 23.8. The smallest absolute Gasteiger partial charge is 0.0687 e. The molecule has 1 N–H and O–H groups in total. The average Bonchev–Trinajstić information content (AvgIpc) is 2.49. The lowest BCUT2D eigenvalue weighted by molar-refractivity contribution is -0.00167. The predicted octanol–water partition coefficient (Wildman–Crippen LogP) is 3.47. The molecule has 1 saturated carbocycles. The first-order valence-electron chi connectivity index (χ1n) is 8.26. The Labute approximate surface area is 128 Å². The minimum absolute atomic E-state index is 0.334. The van der Waals surface area contributed by atoms with Gasteiger partial charge in [0.2, 0.25) is 0 Å². The number of anilines is 1. The Balaban J connectivity index is 1.84. The van der Waals surface area contributed by atoms with Gasteiger partial charge in [-0.05, 0) is 37.8 Å². The molecule has 1 aromatic carbocycles. The van der Waals surface area contributed by atoms with Crippen molar-refractivity contribution < 1.29 is 9.84 Å². The molecule has 0 saturated heterocycles. The molecule has 0 amide bonds. The van der Waals surface area contributed by atoms with Gasteiger partial charge in [-0.25, -0.2) is 0 Å². The Morgan fingerprint density at radius 1 is 1.24 bits per heavy atom. The van der Waals surface area contributed by atoms with E-state index in [9.17, 15) is 5.11 Å². The molecular weight excluding hydrogens is 262 g/mol. The SMILES string of the molecule is CC(O)CN(CCOC1CCCCC1C)c1ccccc1. The van der Waals surface area contributed by atoms with Crippen molar-refractivity contribution in [2.75, 3.05) is 24.6 Å². The van der Waals surface area contributed by atoms with Crippen LogP contribution >= 0.6 is 0 Å². The lowest BCUT2D eigenvalue weighted by atomic mass is 9.88. The first-order chi connectivity index (χ1) is 10.2. The molecule has 0 aromatic heterocycles. The van der Waals surface area contributed by atoms with Gasteiger partial charge in [0.1, 0.15) is 0 Å². The van der Waals surface area contributed by atoms with E-state index in [1.54, 1.807) is 0 Å². The van der Waals surface area contributed by atoms with Crippen molar-refractivity contribution in [2.24, 2.45) is 5.92 Å². The maximum atomic E-state index is 9.69. The summed E-state index contributed by atoms with van der Waals surface area (Å²) in [7, 11) is 0. The van der Waals surface area contributed by atoms with E-state index in [0.29, 0.717) is 18.6 Å². The van der Waals surface area contributed by atoms with Gasteiger partial charge < -0.3 is 14.7 Å². The molecule has 0 radical (unpaired) electrons. The third kappa shape index (κ3) is 5.33. The number of rotatable bonds is 7. The summed E-state index contributed by atoms with van der Waals surface area (Å²) < 4.78 is 6.11. The van der Waals surface area contributed by atoms with E-state index in [-0.39, 0.29) is 6.10 Å². The molecule has 3 heteroatoms. The van der Waals surface area contributed by atoms with E-state index in [1.165, 1.54) is 25.7 Å². The first kappa shape index (κ1) is 16.3. The van der Waals surface area contributed by atoms with Crippen LogP contribution in [0.5, 0.6) is 0 Å². The Hall–Kier alpha value is -1.06. The number of aliphatic hydroxyl groups is 1. The third-order valence-electron chi connectivity index (χ3n) is 4.33. The highest BCUT2D eigenvalue weighted by atomic mass is 16.5. The molecule has 1 aliphatic carbocycles. The summed E-state index contributed by atoms with van der Waals surface area (Å²) in [6, 6.07) is 10.3. The van der Waals surface area contributed by atoms with Crippen LogP contribution in [0, 0.1) is 5.92 Å². The zero-order chi connectivity index (χ0) is 15.1. The van der Waals surface area contributed by atoms with Crippen LogP contribution in [-0.4, -0.2) is 37.0 Å². The molecule has 0 heterocycles. The van der Waals surface area contributed by atoms with Crippen LogP contribution in [0.25, 0.3) is 0 Å². The standard InChI is InChI=1S/C18H29NO2/c1-15-8-6-7-11-18(15)21-13-12-19(14-16(2)20)17-9-4-3-5-10-17/h3-5,9-10,15-16,18,20H,6-8,11-14H2,1-2H3. The Bertz CT molecular complexity index is 393. The van der Waals surface area contributed by atoms with Crippen molar-refractivity contribution in [3.8, 4) is 0 Å². The highest BCUT2D eigenvalue weighted by Crippen LogP contribution is 2.26. The quantitative estimate of drug-likeness (QED) is 0.835. The van der Waals surface area contributed by atoms with E-state index in [1.807, 2.05) is 25.1 Å². The van der Waals surface area contributed by atoms with Crippen molar-refractivity contribution in [1.29, 1.82) is 0 Å². The van der Waals surface area contributed by atoms with Gasteiger partial charge in [-0.3, -0.25) is 0 Å². The van der Waals surface area contributed by atoms with Gasteiger partial charge in [0.15, 0.2) is 0 Å². The Kier molecular flexibility index (Phi) is 6.52. The Morgan fingerprint density at radius 3 is 2.62 bits per heavy atom. The second kappa shape index (κ2) is 8.40. The molecule has 21 heavy (non-hydrogen) atoms. The highest BCUT2D eigenvalue weighted by Gasteiger charge is 2.22. The van der Waals surface area contributed by atoms with Crippen molar-refractivity contribution >= 4 is 5.69 Å². The fourth-order valence-electron chi connectivity index (χ4n) is 3.13. The number of para-hydroxylation sites is 1. The van der Waals surface area contributed by atoms with Gasteiger partial charge in [-0.15, -0.1) is 0 Å². The monoisotopic (exact) mass is 291 g/mol. The van der Waals surface area contributed by atoms with Crippen LogP contribution in [0.2, 0.25) is 0 Å². The van der Waals surface area contributed by atoms with Gasteiger partial charge in [-0.2, -0.15) is 0 Å². The summed E-state index contributed by atoms with van der Waals surface area (Å²) in [6.45, 7) is 6.34. The van der Waals surface area contributed by atoms with Gasteiger partial charge in [-0.1, -0.05) is 38.0 Å². The predicted molar refractivity (Wildman–Crippen MR) is 87.7 cm³/mol. The van der Waals surface area contributed by atoms with Crippen molar-refractivity contribution in [3.05, 3.63) is 30.3 Å². The fourth-order valence-corrected chi connectivity index (χ4v) is 3.13. The zero-order valence-corrected chi connectivity index (χ0v) is 13.4. The minimum atomic E-state index is -0.334. The van der Waals surface area contributed by atoms with E-state index in [2.05, 4.69) is 24.0 Å². The van der Waals surface area contributed by atoms with Crippen LogP contribution in [0.15, 0.2) is 30.3 Å².